The van der Waals surface area contributed by atoms with E-state index in [0.29, 0.717) is 16.1 Å². The zero-order valence-electron chi connectivity index (χ0n) is 12.8. The first-order valence-electron chi connectivity index (χ1n) is 6.95. The normalized spacial score (nSPS) is 10.5. The maximum Gasteiger partial charge on any atom is 0.339 e. The third kappa shape index (κ3) is 4.65. The van der Waals surface area contributed by atoms with E-state index >= 15 is 0 Å². The Hall–Kier alpha value is -2.24. The van der Waals surface area contributed by atoms with E-state index in [2.05, 4.69) is 11.8 Å². The van der Waals surface area contributed by atoms with E-state index in [-0.39, 0.29) is 5.97 Å². The molecule has 0 bridgehead atoms. The van der Waals surface area contributed by atoms with E-state index < -0.39 is 5.60 Å². The molecule has 0 N–H and O–H groups in total. The van der Waals surface area contributed by atoms with Crippen molar-refractivity contribution in [2.24, 2.45) is 0 Å². The van der Waals surface area contributed by atoms with Gasteiger partial charge < -0.3 is 4.74 Å². The minimum atomic E-state index is -0.534. The molecule has 0 saturated carbocycles. The van der Waals surface area contributed by atoms with Crippen LogP contribution in [0, 0.1) is 11.8 Å². The van der Waals surface area contributed by atoms with Crippen LogP contribution in [0.1, 0.15) is 42.3 Å². The predicted octanol–water partition coefficient (Wildman–Crippen LogP) is 4.70. The van der Waals surface area contributed by atoms with Crippen molar-refractivity contribution >= 4 is 17.6 Å². The van der Waals surface area contributed by atoms with Gasteiger partial charge in [-0.1, -0.05) is 35.6 Å². The highest BCUT2D eigenvalue weighted by Crippen LogP contribution is 2.15. The Kier molecular flexibility index (Phi) is 4.90. The van der Waals surface area contributed by atoms with Crippen molar-refractivity contribution in [3.05, 3.63) is 70.2 Å². The van der Waals surface area contributed by atoms with Crippen LogP contribution in [0.25, 0.3) is 0 Å². The molecule has 0 fully saturated rings. The Morgan fingerprint density at radius 1 is 1.00 bits per heavy atom. The fraction of sp³-hybridized carbons (Fsp3) is 0.211. The highest BCUT2D eigenvalue weighted by Gasteiger charge is 2.19. The molecule has 3 heteroatoms. The lowest BCUT2D eigenvalue weighted by Gasteiger charge is -2.19. The van der Waals surface area contributed by atoms with Gasteiger partial charge in [0.15, 0.2) is 0 Å². The Morgan fingerprint density at radius 3 is 2.27 bits per heavy atom. The Balaban J connectivity index is 2.30. The summed E-state index contributed by atoms with van der Waals surface area (Å²) in [5, 5.41) is 0.666. The second kappa shape index (κ2) is 6.68. The van der Waals surface area contributed by atoms with Crippen molar-refractivity contribution < 1.29 is 9.53 Å². The van der Waals surface area contributed by atoms with E-state index in [0.717, 1.165) is 5.56 Å². The molecule has 0 aliphatic heterocycles. The average molecular weight is 313 g/mol. The van der Waals surface area contributed by atoms with Crippen LogP contribution < -0.4 is 0 Å². The monoisotopic (exact) mass is 312 g/mol. The van der Waals surface area contributed by atoms with Gasteiger partial charge in [-0.3, -0.25) is 0 Å². The Morgan fingerprint density at radius 2 is 1.64 bits per heavy atom. The number of benzene rings is 2. The number of carbonyl (C=O) groups is 1. The zero-order valence-corrected chi connectivity index (χ0v) is 13.6. The molecule has 0 saturated heterocycles. The van der Waals surface area contributed by atoms with Crippen LogP contribution in [0.5, 0.6) is 0 Å². The summed E-state index contributed by atoms with van der Waals surface area (Å²) in [6.07, 6.45) is 0. The fourth-order valence-electron chi connectivity index (χ4n) is 1.78. The molecular weight excluding hydrogens is 296 g/mol. The topological polar surface area (TPSA) is 26.3 Å². The summed E-state index contributed by atoms with van der Waals surface area (Å²) < 4.78 is 5.41. The smallest absolute Gasteiger partial charge is 0.339 e. The number of hydrogen-bond donors (Lipinski definition) is 0. The third-order valence-corrected chi connectivity index (χ3v) is 2.98. The molecule has 0 aliphatic carbocycles. The quantitative estimate of drug-likeness (QED) is 0.564. The molecule has 0 atom stereocenters. The average Bonchev–Trinajstić information content (AvgIpc) is 2.45. The number of rotatable bonds is 1. The van der Waals surface area contributed by atoms with Gasteiger partial charge in [0.2, 0.25) is 0 Å². The van der Waals surface area contributed by atoms with Crippen LogP contribution in [0.15, 0.2) is 48.5 Å². The number of ether oxygens (including phenoxy) is 1. The van der Waals surface area contributed by atoms with Gasteiger partial charge in [0, 0.05) is 16.1 Å². The first-order chi connectivity index (χ1) is 10.3. The summed E-state index contributed by atoms with van der Waals surface area (Å²) in [6.45, 7) is 5.52. The standard InChI is InChI=1S/C19H17ClO2/c1-19(2,3)22-18(21)17-7-5-4-6-15(17)11-8-14-9-12-16(20)13-10-14/h4-7,9-10,12-13H,1-3H3. The van der Waals surface area contributed by atoms with Gasteiger partial charge in [-0.15, -0.1) is 0 Å². The van der Waals surface area contributed by atoms with Gasteiger partial charge in [0.05, 0.1) is 5.56 Å². The van der Waals surface area contributed by atoms with Crippen LogP contribution in [0.4, 0.5) is 0 Å². The summed E-state index contributed by atoms with van der Waals surface area (Å²) in [7, 11) is 0. The van der Waals surface area contributed by atoms with E-state index in [4.69, 9.17) is 16.3 Å². The van der Waals surface area contributed by atoms with Gasteiger partial charge in [-0.25, -0.2) is 4.79 Å². The number of carbonyl (C=O) groups excluding carboxylic acids is 1. The van der Waals surface area contributed by atoms with E-state index in [1.165, 1.54) is 0 Å². The molecule has 112 valence electrons. The Bertz CT molecular complexity index is 729. The van der Waals surface area contributed by atoms with Crippen LogP contribution in [-0.4, -0.2) is 11.6 Å². The molecule has 0 radical (unpaired) electrons. The largest absolute Gasteiger partial charge is 0.456 e. The summed E-state index contributed by atoms with van der Waals surface area (Å²) in [4.78, 5) is 12.2. The maximum atomic E-state index is 12.2. The van der Waals surface area contributed by atoms with Gasteiger partial charge in [-0.2, -0.15) is 0 Å². The van der Waals surface area contributed by atoms with Crippen molar-refractivity contribution in [2.45, 2.75) is 26.4 Å². The molecule has 2 aromatic carbocycles. The lowest BCUT2D eigenvalue weighted by atomic mass is 10.1. The first-order valence-corrected chi connectivity index (χ1v) is 7.33. The van der Waals surface area contributed by atoms with Gasteiger partial charge in [0.25, 0.3) is 0 Å². The summed E-state index contributed by atoms with van der Waals surface area (Å²) in [6, 6.07) is 14.4. The lowest BCUT2D eigenvalue weighted by Crippen LogP contribution is -2.24. The molecule has 0 aromatic heterocycles. The second-order valence-electron chi connectivity index (χ2n) is 5.80. The van der Waals surface area contributed by atoms with Crippen molar-refractivity contribution in [2.75, 3.05) is 0 Å². The van der Waals surface area contributed by atoms with E-state index in [9.17, 15) is 4.79 Å². The van der Waals surface area contributed by atoms with Crippen LogP contribution >= 0.6 is 11.6 Å². The number of hydrogen-bond acceptors (Lipinski definition) is 2. The summed E-state index contributed by atoms with van der Waals surface area (Å²) in [5.74, 6) is 5.68. The SMILES string of the molecule is CC(C)(C)OC(=O)c1ccccc1C#Cc1ccc(Cl)cc1. The molecule has 0 aliphatic rings. The minimum Gasteiger partial charge on any atom is -0.456 e. The molecule has 2 aromatic rings. The van der Waals surface area contributed by atoms with E-state index in [1.807, 2.05) is 45.0 Å². The molecule has 0 unspecified atom stereocenters. The minimum absolute atomic E-state index is 0.367. The number of esters is 1. The number of halogens is 1. The second-order valence-corrected chi connectivity index (χ2v) is 6.24. The van der Waals surface area contributed by atoms with Crippen molar-refractivity contribution in [1.29, 1.82) is 0 Å². The van der Waals surface area contributed by atoms with Gasteiger partial charge in [0.1, 0.15) is 5.60 Å². The lowest BCUT2D eigenvalue weighted by molar-refractivity contribution is 0.00693. The molecule has 0 heterocycles. The Labute approximate surface area is 136 Å². The van der Waals surface area contributed by atoms with Crippen molar-refractivity contribution in [1.82, 2.24) is 0 Å². The fourth-order valence-corrected chi connectivity index (χ4v) is 1.90. The van der Waals surface area contributed by atoms with Crippen LogP contribution in [0.2, 0.25) is 5.02 Å². The first kappa shape index (κ1) is 16.1. The van der Waals surface area contributed by atoms with Crippen LogP contribution in [0.3, 0.4) is 0 Å². The molecular formula is C19H17ClO2. The molecule has 22 heavy (non-hydrogen) atoms. The highest BCUT2D eigenvalue weighted by molar-refractivity contribution is 6.30. The third-order valence-electron chi connectivity index (χ3n) is 2.73. The van der Waals surface area contributed by atoms with Crippen LogP contribution in [-0.2, 0) is 4.74 Å². The molecule has 2 nitrogen and oxygen atoms in total. The van der Waals surface area contributed by atoms with E-state index in [1.54, 1.807) is 24.3 Å². The highest BCUT2D eigenvalue weighted by atomic mass is 35.5. The summed E-state index contributed by atoms with van der Waals surface area (Å²) in [5.41, 5.74) is 1.42. The predicted molar refractivity (Wildman–Crippen MR) is 89.0 cm³/mol. The van der Waals surface area contributed by atoms with Gasteiger partial charge in [-0.05, 0) is 57.2 Å². The van der Waals surface area contributed by atoms with Gasteiger partial charge >= 0.3 is 5.97 Å². The van der Waals surface area contributed by atoms with Crippen molar-refractivity contribution in [3.8, 4) is 11.8 Å². The molecule has 0 spiro atoms. The summed E-state index contributed by atoms with van der Waals surface area (Å²) >= 11 is 5.85. The van der Waals surface area contributed by atoms with Crippen molar-refractivity contribution in [3.63, 3.8) is 0 Å². The molecule has 0 amide bonds. The maximum absolute atomic E-state index is 12.2. The zero-order chi connectivity index (χ0) is 16.2. The molecule has 2 rings (SSSR count).